The Kier molecular flexibility index (Phi) is 3.34. The van der Waals surface area contributed by atoms with Crippen LogP contribution in [0, 0.1) is 5.41 Å². The van der Waals surface area contributed by atoms with E-state index in [1.54, 1.807) is 0 Å². The molecule has 0 radical (unpaired) electrons. The van der Waals surface area contributed by atoms with Crippen molar-refractivity contribution in [2.24, 2.45) is 11.1 Å². The lowest BCUT2D eigenvalue weighted by Crippen LogP contribution is -2.30. The average molecular weight is 212 g/mol. The van der Waals surface area contributed by atoms with E-state index in [4.69, 9.17) is 10.2 Å². The Balaban J connectivity index is 2.65. The maximum absolute atomic E-state index is 5.62. The molecule has 1 aromatic heterocycles. The maximum atomic E-state index is 5.62. The van der Waals surface area contributed by atoms with Gasteiger partial charge in [-0.05, 0) is 19.3 Å². The highest BCUT2D eigenvalue weighted by molar-refractivity contribution is 5.20. The van der Waals surface area contributed by atoms with E-state index in [0.29, 0.717) is 11.9 Å². The highest BCUT2D eigenvalue weighted by Gasteiger charge is 2.21. The molecule has 1 rings (SSSR count). The number of nitrogens with two attached hydrogens (primary N) is 1. The van der Waals surface area contributed by atoms with Gasteiger partial charge in [0.2, 0.25) is 5.89 Å². The predicted molar refractivity (Wildman–Crippen MR) is 59.4 cm³/mol. The molecule has 0 aromatic carbocycles. The van der Waals surface area contributed by atoms with Gasteiger partial charge in [-0.1, -0.05) is 25.9 Å². The highest BCUT2D eigenvalue weighted by Crippen LogP contribution is 2.22. The van der Waals surface area contributed by atoms with Crippen LogP contribution in [0.15, 0.2) is 4.42 Å². The van der Waals surface area contributed by atoms with Crippen molar-refractivity contribution in [2.45, 2.75) is 46.7 Å². The Morgan fingerprint density at radius 2 is 1.87 bits per heavy atom. The van der Waals surface area contributed by atoms with Crippen LogP contribution < -0.4 is 11.1 Å². The first-order valence-electron chi connectivity index (χ1n) is 5.16. The summed E-state index contributed by atoms with van der Waals surface area (Å²) in [6.07, 6.45) is 0. The van der Waals surface area contributed by atoms with E-state index in [9.17, 15) is 0 Å². The summed E-state index contributed by atoms with van der Waals surface area (Å²) in [6, 6.07) is 0.460. The molecule has 2 unspecified atom stereocenters. The molecule has 0 fully saturated rings. The topological polar surface area (TPSA) is 77.0 Å². The molecule has 0 aliphatic heterocycles. The first kappa shape index (κ1) is 12.0. The third kappa shape index (κ3) is 3.20. The Hall–Kier alpha value is -1.10. The van der Waals surface area contributed by atoms with Gasteiger partial charge >= 0.3 is 6.01 Å². The van der Waals surface area contributed by atoms with E-state index in [0.717, 1.165) is 0 Å². The van der Waals surface area contributed by atoms with Crippen LogP contribution in [0.3, 0.4) is 0 Å². The van der Waals surface area contributed by atoms with Gasteiger partial charge in [-0.3, -0.25) is 0 Å². The standard InChI is InChI=1S/C10H20N4O/c1-6(11)8-13-14-9(15-8)12-7(2)10(3,4)5/h6-7H,11H2,1-5H3,(H,12,14). The van der Waals surface area contributed by atoms with E-state index in [1.807, 2.05) is 6.92 Å². The van der Waals surface area contributed by atoms with E-state index < -0.39 is 0 Å². The monoisotopic (exact) mass is 212 g/mol. The molecule has 0 spiro atoms. The van der Waals surface area contributed by atoms with Crippen LogP contribution in [0.25, 0.3) is 0 Å². The molecular formula is C10H20N4O. The molecule has 2 atom stereocenters. The van der Waals surface area contributed by atoms with Crippen LogP contribution >= 0.6 is 0 Å². The van der Waals surface area contributed by atoms with Crippen molar-refractivity contribution >= 4 is 6.01 Å². The normalized spacial score (nSPS) is 16.1. The maximum Gasteiger partial charge on any atom is 0.315 e. The summed E-state index contributed by atoms with van der Waals surface area (Å²) in [5, 5.41) is 10.9. The number of hydrogen-bond acceptors (Lipinski definition) is 5. The highest BCUT2D eigenvalue weighted by atomic mass is 16.4. The molecule has 5 heteroatoms. The van der Waals surface area contributed by atoms with Gasteiger partial charge in [0.15, 0.2) is 0 Å². The van der Waals surface area contributed by atoms with E-state index in [2.05, 4.69) is 43.2 Å². The fraction of sp³-hybridized carbons (Fsp3) is 0.800. The second-order valence-electron chi connectivity index (χ2n) is 4.97. The molecule has 0 bridgehead atoms. The van der Waals surface area contributed by atoms with Crippen molar-refractivity contribution in [1.29, 1.82) is 0 Å². The summed E-state index contributed by atoms with van der Waals surface area (Å²) in [5.74, 6) is 0.457. The van der Waals surface area contributed by atoms with Gasteiger partial charge in [0, 0.05) is 6.04 Å². The Morgan fingerprint density at radius 3 is 2.27 bits per heavy atom. The fourth-order valence-electron chi connectivity index (χ4n) is 0.879. The average Bonchev–Trinajstić information content (AvgIpc) is 2.50. The van der Waals surface area contributed by atoms with Gasteiger partial charge < -0.3 is 15.5 Å². The van der Waals surface area contributed by atoms with Crippen LogP contribution in [-0.4, -0.2) is 16.2 Å². The minimum atomic E-state index is -0.224. The van der Waals surface area contributed by atoms with Gasteiger partial charge in [-0.2, -0.15) is 0 Å². The quantitative estimate of drug-likeness (QED) is 0.800. The van der Waals surface area contributed by atoms with Gasteiger partial charge in [-0.25, -0.2) is 0 Å². The van der Waals surface area contributed by atoms with Gasteiger partial charge in [0.1, 0.15) is 0 Å². The summed E-state index contributed by atoms with van der Waals surface area (Å²) >= 11 is 0. The van der Waals surface area contributed by atoms with Crippen molar-refractivity contribution < 1.29 is 4.42 Å². The zero-order chi connectivity index (χ0) is 11.6. The summed E-state index contributed by atoms with van der Waals surface area (Å²) < 4.78 is 5.35. The lowest BCUT2D eigenvalue weighted by molar-refractivity contribution is 0.350. The lowest BCUT2D eigenvalue weighted by Gasteiger charge is -2.26. The first-order valence-corrected chi connectivity index (χ1v) is 5.16. The number of nitrogens with zero attached hydrogens (tertiary/aromatic N) is 2. The molecular weight excluding hydrogens is 192 g/mol. The van der Waals surface area contributed by atoms with Crippen LogP contribution in [0.2, 0.25) is 0 Å². The van der Waals surface area contributed by atoms with Crippen molar-refractivity contribution in [3.63, 3.8) is 0 Å². The minimum absolute atomic E-state index is 0.142. The number of nitrogens with one attached hydrogen (secondary N) is 1. The molecule has 15 heavy (non-hydrogen) atoms. The summed E-state index contributed by atoms with van der Waals surface area (Å²) in [6.45, 7) is 10.3. The fourth-order valence-corrected chi connectivity index (χ4v) is 0.879. The van der Waals surface area contributed by atoms with Crippen LogP contribution in [-0.2, 0) is 0 Å². The van der Waals surface area contributed by atoms with Crippen molar-refractivity contribution in [1.82, 2.24) is 10.2 Å². The summed E-state index contributed by atoms with van der Waals surface area (Å²) in [7, 11) is 0. The second-order valence-corrected chi connectivity index (χ2v) is 4.97. The Labute approximate surface area is 90.4 Å². The predicted octanol–water partition coefficient (Wildman–Crippen LogP) is 1.94. The molecule has 0 saturated carbocycles. The second kappa shape index (κ2) is 4.18. The van der Waals surface area contributed by atoms with Gasteiger partial charge in [0.05, 0.1) is 6.04 Å². The number of aromatic nitrogens is 2. The van der Waals surface area contributed by atoms with E-state index in [-0.39, 0.29) is 17.5 Å². The molecule has 1 aromatic rings. The molecule has 0 amide bonds. The minimum Gasteiger partial charge on any atom is -0.406 e. The molecule has 0 aliphatic carbocycles. The third-order valence-electron chi connectivity index (χ3n) is 2.47. The Bertz CT molecular complexity index is 313. The van der Waals surface area contributed by atoms with Crippen molar-refractivity contribution in [2.75, 3.05) is 5.32 Å². The van der Waals surface area contributed by atoms with Crippen molar-refractivity contribution in [3.8, 4) is 0 Å². The molecule has 3 N–H and O–H groups in total. The van der Waals surface area contributed by atoms with Gasteiger partial charge in [-0.15, -0.1) is 5.10 Å². The summed E-state index contributed by atoms with van der Waals surface area (Å²) in [4.78, 5) is 0. The molecule has 1 heterocycles. The lowest BCUT2D eigenvalue weighted by atomic mass is 9.88. The zero-order valence-electron chi connectivity index (χ0n) is 10.0. The van der Waals surface area contributed by atoms with E-state index in [1.165, 1.54) is 0 Å². The van der Waals surface area contributed by atoms with Gasteiger partial charge in [0.25, 0.3) is 0 Å². The number of rotatable bonds is 3. The molecule has 5 nitrogen and oxygen atoms in total. The summed E-state index contributed by atoms with van der Waals surface area (Å²) in [5.41, 5.74) is 5.76. The smallest absolute Gasteiger partial charge is 0.315 e. The number of hydrogen-bond donors (Lipinski definition) is 2. The molecule has 0 aliphatic rings. The van der Waals surface area contributed by atoms with Crippen LogP contribution in [0.4, 0.5) is 6.01 Å². The largest absolute Gasteiger partial charge is 0.406 e. The van der Waals surface area contributed by atoms with Crippen molar-refractivity contribution in [3.05, 3.63) is 5.89 Å². The SMILES string of the molecule is CC(N)c1nnc(NC(C)C(C)(C)C)o1. The van der Waals surface area contributed by atoms with E-state index >= 15 is 0 Å². The molecule has 86 valence electrons. The number of anilines is 1. The molecule has 0 saturated heterocycles. The zero-order valence-corrected chi connectivity index (χ0v) is 10.0. The van der Waals surface area contributed by atoms with Crippen LogP contribution in [0.5, 0.6) is 0 Å². The Morgan fingerprint density at radius 1 is 1.27 bits per heavy atom. The first-order chi connectivity index (χ1) is 6.80. The third-order valence-corrected chi connectivity index (χ3v) is 2.47. The van der Waals surface area contributed by atoms with Crippen LogP contribution in [0.1, 0.15) is 46.6 Å².